The molecule has 0 spiro atoms. The number of unbranched alkanes of at least 4 members (excludes halogenated alkanes) is 3. The molecular formula is C20H32O5. The van der Waals surface area contributed by atoms with Gasteiger partial charge < -0.3 is 14.2 Å². The number of carbonyl (C=O) groups is 2. The van der Waals surface area contributed by atoms with Gasteiger partial charge in [0.1, 0.15) is 0 Å². The third-order valence-corrected chi connectivity index (χ3v) is 3.29. The van der Waals surface area contributed by atoms with Crippen LogP contribution in [-0.2, 0) is 23.8 Å². The fraction of sp³-hybridized carbons (Fsp3) is 0.600. The molecule has 0 aromatic carbocycles. The molecule has 1 unspecified atom stereocenters. The van der Waals surface area contributed by atoms with Gasteiger partial charge in [-0.1, -0.05) is 19.2 Å². The molecule has 0 aromatic heterocycles. The van der Waals surface area contributed by atoms with E-state index >= 15 is 0 Å². The molecule has 0 aliphatic carbocycles. The van der Waals surface area contributed by atoms with Crippen molar-refractivity contribution in [2.45, 2.75) is 58.5 Å². The molecule has 1 fully saturated rings. The Morgan fingerprint density at radius 2 is 1.48 bits per heavy atom. The van der Waals surface area contributed by atoms with Gasteiger partial charge in [0.25, 0.3) is 0 Å². The summed E-state index contributed by atoms with van der Waals surface area (Å²) >= 11 is 0. The van der Waals surface area contributed by atoms with E-state index in [0.29, 0.717) is 30.5 Å². The average molecular weight is 352 g/mol. The van der Waals surface area contributed by atoms with Crippen LogP contribution in [0.3, 0.4) is 0 Å². The van der Waals surface area contributed by atoms with Gasteiger partial charge in [-0.25, -0.2) is 9.59 Å². The number of hydrogen-bond donors (Lipinski definition) is 0. The highest BCUT2D eigenvalue weighted by Gasteiger charge is 2.21. The zero-order valence-electron chi connectivity index (χ0n) is 15.7. The first-order chi connectivity index (χ1) is 11.9. The molecule has 1 heterocycles. The summed E-state index contributed by atoms with van der Waals surface area (Å²) in [7, 11) is 0. The van der Waals surface area contributed by atoms with Crippen LogP contribution in [0.2, 0.25) is 0 Å². The van der Waals surface area contributed by atoms with Gasteiger partial charge in [0, 0.05) is 11.1 Å². The van der Waals surface area contributed by atoms with Gasteiger partial charge in [-0.2, -0.15) is 0 Å². The topological polar surface area (TPSA) is 65.1 Å². The lowest BCUT2D eigenvalue weighted by Crippen LogP contribution is -2.06. The minimum atomic E-state index is -0.298. The van der Waals surface area contributed by atoms with Crippen molar-refractivity contribution in [1.82, 2.24) is 0 Å². The Hall–Kier alpha value is -1.88. The Kier molecular flexibility index (Phi) is 13.4. The molecule has 0 saturated carbocycles. The number of rotatable bonds is 12. The molecule has 0 N–H and O–H groups in total. The van der Waals surface area contributed by atoms with E-state index in [2.05, 4.69) is 19.7 Å². The summed E-state index contributed by atoms with van der Waals surface area (Å²) in [5.74, 6) is -0.587. The van der Waals surface area contributed by atoms with Crippen molar-refractivity contribution in [3.05, 3.63) is 37.0 Å². The van der Waals surface area contributed by atoms with Crippen LogP contribution in [0.5, 0.6) is 0 Å². The van der Waals surface area contributed by atoms with E-state index in [-0.39, 0.29) is 11.9 Å². The van der Waals surface area contributed by atoms with Crippen LogP contribution in [0.15, 0.2) is 37.0 Å². The first-order valence-electron chi connectivity index (χ1n) is 8.76. The van der Waals surface area contributed by atoms with E-state index in [1.165, 1.54) is 0 Å². The van der Waals surface area contributed by atoms with Gasteiger partial charge in [0.05, 0.1) is 25.9 Å². The summed E-state index contributed by atoms with van der Waals surface area (Å²) in [5, 5.41) is 0. The summed E-state index contributed by atoms with van der Waals surface area (Å²) in [5.41, 5.74) is 0.921. The van der Waals surface area contributed by atoms with Gasteiger partial charge in [-0.3, -0.25) is 0 Å². The standard InChI is InChI=1S/C10H16O3.C10H16O2/c1-8(2)10(11)12-6-4-3-5-9-7-13-9;1-4-5-6-7-8-12-10(11)9(2)3/h9H,1,3-7H2,2H3;4H,1-2,5-8H2,3H3. The summed E-state index contributed by atoms with van der Waals surface area (Å²) in [4.78, 5) is 21.7. The first-order valence-corrected chi connectivity index (χ1v) is 8.76. The number of hydrogen-bond acceptors (Lipinski definition) is 5. The smallest absolute Gasteiger partial charge is 0.333 e. The summed E-state index contributed by atoms with van der Waals surface area (Å²) < 4.78 is 14.9. The SMILES string of the molecule is C=C(C)C(=O)OCCCCC1CO1.C=CCCCCOC(=O)C(=C)C. The van der Waals surface area contributed by atoms with Crippen molar-refractivity contribution in [3.8, 4) is 0 Å². The predicted octanol–water partition coefficient (Wildman–Crippen LogP) is 4.14. The number of carbonyl (C=O) groups excluding carboxylic acids is 2. The van der Waals surface area contributed by atoms with Crippen molar-refractivity contribution in [1.29, 1.82) is 0 Å². The van der Waals surface area contributed by atoms with Gasteiger partial charge in [-0.05, 0) is 52.4 Å². The molecular weight excluding hydrogens is 320 g/mol. The Labute approximate surface area is 151 Å². The summed E-state index contributed by atoms with van der Waals surface area (Å²) in [6.45, 7) is 15.8. The highest BCUT2D eigenvalue weighted by Crippen LogP contribution is 2.16. The molecule has 142 valence electrons. The maximum absolute atomic E-state index is 10.9. The summed E-state index contributed by atoms with van der Waals surface area (Å²) in [6, 6.07) is 0. The lowest BCUT2D eigenvalue weighted by molar-refractivity contribution is -0.139. The van der Waals surface area contributed by atoms with Crippen LogP contribution in [0, 0.1) is 0 Å². The van der Waals surface area contributed by atoms with E-state index in [1.54, 1.807) is 13.8 Å². The number of esters is 2. The summed E-state index contributed by atoms with van der Waals surface area (Å²) in [6.07, 6.45) is 8.30. The van der Waals surface area contributed by atoms with Crippen LogP contribution in [0.25, 0.3) is 0 Å². The molecule has 0 amide bonds. The largest absolute Gasteiger partial charge is 0.462 e. The second-order valence-corrected chi connectivity index (χ2v) is 6.07. The number of ether oxygens (including phenoxy) is 3. The number of allylic oxidation sites excluding steroid dienone is 1. The van der Waals surface area contributed by atoms with E-state index in [9.17, 15) is 9.59 Å². The van der Waals surface area contributed by atoms with Crippen molar-refractivity contribution in [2.24, 2.45) is 0 Å². The van der Waals surface area contributed by atoms with Gasteiger partial charge >= 0.3 is 11.9 Å². The third kappa shape index (κ3) is 15.4. The quantitative estimate of drug-likeness (QED) is 0.174. The Morgan fingerprint density at radius 3 is 1.88 bits per heavy atom. The maximum atomic E-state index is 10.9. The molecule has 0 radical (unpaired) electrons. The Morgan fingerprint density at radius 1 is 1.00 bits per heavy atom. The minimum Gasteiger partial charge on any atom is -0.462 e. The zero-order chi connectivity index (χ0) is 19.1. The van der Waals surface area contributed by atoms with Crippen LogP contribution < -0.4 is 0 Å². The molecule has 1 rings (SSSR count). The van der Waals surface area contributed by atoms with Gasteiger partial charge in [0.15, 0.2) is 0 Å². The second-order valence-electron chi connectivity index (χ2n) is 6.07. The maximum Gasteiger partial charge on any atom is 0.333 e. The third-order valence-electron chi connectivity index (χ3n) is 3.29. The van der Waals surface area contributed by atoms with Gasteiger partial charge in [0.2, 0.25) is 0 Å². The lowest BCUT2D eigenvalue weighted by Gasteiger charge is -2.02. The fourth-order valence-electron chi connectivity index (χ4n) is 1.68. The highest BCUT2D eigenvalue weighted by atomic mass is 16.6. The molecule has 5 nitrogen and oxygen atoms in total. The second kappa shape index (κ2) is 14.5. The molecule has 25 heavy (non-hydrogen) atoms. The normalized spacial score (nSPS) is 14.6. The first kappa shape index (κ1) is 23.1. The monoisotopic (exact) mass is 352 g/mol. The Balaban J connectivity index is 0.000000463. The molecule has 1 aliphatic rings. The fourth-order valence-corrected chi connectivity index (χ4v) is 1.68. The van der Waals surface area contributed by atoms with Crippen molar-refractivity contribution in [2.75, 3.05) is 19.8 Å². The molecule has 1 saturated heterocycles. The van der Waals surface area contributed by atoms with Crippen LogP contribution >= 0.6 is 0 Å². The van der Waals surface area contributed by atoms with E-state index in [1.807, 2.05) is 6.08 Å². The molecule has 1 atom stereocenters. The molecule has 5 heteroatoms. The lowest BCUT2D eigenvalue weighted by atomic mass is 10.2. The molecule has 0 bridgehead atoms. The van der Waals surface area contributed by atoms with E-state index in [0.717, 1.165) is 45.1 Å². The minimum absolute atomic E-state index is 0.289. The predicted molar refractivity (Wildman–Crippen MR) is 99.2 cm³/mol. The van der Waals surface area contributed by atoms with Crippen LogP contribution in [-0.4, -0.2) is 37.9 Å². The van der Waals surface area contributed by atoms with E-state index < -0.39 is 0 Å². The van der Waals surface area contributed by atoms with Crippen LogP contribution in [0.1, 0.15) is 52.4 Å². The van der Waals surface area contributed by atoms with E-state index in [4.69, 9.17) is 14.2 Å². The van der Waals surface area contributed by atoms with Crippen molar-refractivity contribution in [3.63, 3.8) is 0 Å². The Bertz CT molecular complexity index is 449. The van der Waals surface area contributed by atoms with Crippen molar-refractivity contribution >= 4 is 11.9 Å². The average Bonchev–Trinajstić information content (AvgIpc) is 3.38. The highest BCUT2D eigenvalue weighted by molar-refractivity contribution is 5.87. The van der Waals surface area contributed by atoms with Gasteiger partial charge in [-0.15, -0.1) is 6.58 Å². The van der Waals surface area contributed by atoms with Crippen molar-refractivity contribution < 1.29 is 23.8 Å². The molecule has 0 aromatic rings. The van der Waals surface area contributed by atoms with Crippen LogP contribution in [0.4, 0.5) is 0 Å². The number of epoxide rings is 1. The molecule has 1 aliphatic heterocycles. The zero-order valence-corrected chi connectivity index (χ0v) is 15.7.